The van der Waals surface area contributed by atoms with E-state index in [4.69, 9.17) is 9.47 Å². The fourth-order valence-corrected chi connectivity index (χ4v) is 5.30. The van der Waals surface area contributed by atoms with E-state index in [1.807, 2.05) is 0 Å². The highest BCUT2D eigenvalue weighted by molar-refractivity contribution is 5.70. The van der Waals surface area contributed by atoms with E-state index in [0.29, 0.717) is 12.8 Å². The standard InChI is InChI=1S/C39H72O6/c1-4-6-8-10-12-14-16-18-20-22-24-26-28-30-32-34-36(40)44-38(42)39(3,43)45-37(41)35-33-31-29-27-25-23-21-19-17-15-13-11-9-7-5-2/h18-21,38,42-43H,4-17,22-35H2,1-3H3/b20-18-,21-19-. The average molecular weight is 637 g/mol. The Hall–Kier alpha value is -1.66. The van der Waals surface area contributed by atoms with Gasteiger partial charge in [-0.2, -0.15) is 0 Å². The first kappa shape index (κ1) is 43.3. The fourth-order valence-electron chi connectivity index (χ4n) is 5.30. The predicted molar refractivity (Wildman–Crippen MR) is 188 cm³/mol. The Morgan fingerprint density at radius 3 is 1.22 bits per heavy atom. The first-order chi connectivity index (χ1) is 21.8. The predicted octanol–water partition coefficient (Wildman–Crippen LogP) is 11.2. The Morgan fingerprint density at radius 1 is 0.533 bits per heavy atom. The minimum Gasteiger partial charge on any atom is -0.429 e. The molecular weight excluding hydrogens is 564 g/mol. The number of ether oxygens (including phenoxy) is 2. The molecular formula is C39H72O6. The van der Waals surface area contributed by atoms with Crippen molar-refractivity contribution in [2.45, 2.75) is 213 Å². The van der Waals surface area contributed by atoms with E-state index in [9.17, 15) is 19.8 Å². The molecule has 0 aliphatic heterocycles. The number of carbonyl (C=O) groups is 2. The van der Waals surface area contributed by atoms with E-state index >= 15 is 0 Å². The van der Waals surface area contributed by atoms with Gasteiger partial charge in [0, 0.05) is 19.8 Å². The van der Waals surface area contributed by atoms with Crippen molar-refractivity contribution in [1.82, 2.24) is 0 Å². The van der Waals surface area contributed by atoms with E-state index < -0.39 is 24.0 Å². The van der Waals surface area contributed by atoms with Crippen molar-refractivity contribution in [3.8, 4) is 0 Å². The monoisotopic (exact) mass is 637 g/mol. The topological polar surface area (TPSA) is 93.1 Å². The van der Waals surface area contributed by atoms with Crippen LogP contribution in [0.5, 0.6) is 0 Å². The van der Waals surface area contributed by atoms with Gasteiger partial charge in [-0.1, -0.05) is 141 Å². The number of carbonyl (C=O) groups excluding carboxylic acids is 2. The second-order valence-corrected chi connectivity index (χ2v) is 13.0. The zero-order valence-corrected chi connectivity index (χ0v) is 29.7. The van der Waals surface area contributed by atoms with Gasteiger partial charge in [-0.15, -0.1) is 0 Å². The molecule has 0 spiro atoms. The van der Waals surface area contributed by atoms with Crippen LogP contribution in [0.4, 0.5) is 0 Å². The van der Waals surface area contributed by atoms with E-state index in [2.05, 4.69) is 38.2 Å². The number of unbranched alkanes of at least 4 members (excludes halogenated alkanes) is 22. The van der Waals surface area contributed by atoms with Gasteiger partial charge < -0.3 is 19.7 Å². The number of hydrogen-bond donors (Lipinski definition) is 2. The van der Waals surface area contributed by atoms with Crippen LogP contribution in [-0.4, -0.2) is 34.2 Å². The van der Waals surface area contributed by atoms with Crippen molar-refractivity contribution in [2.24, 2.45) is 0 Å². The highest BCUT2D eigenvalue weighted by Crippen LogP contribution is 2.18. The highest BCUT2D eigenvalue weighted by atomic mass is 16.7. The molecule has 45 heavy (non-hydrogen) atoms. The summed E-state index contributed by atoms with van der Waals surface area (Å²) in [5.74, 6) is -3.48. The smallest absolute Gasteiger partial charge is 0.308 e. The molecule has 0 fully saturated rings. The van der Waals surface area contributed by atoms with Gasteiger partial charge in [0.15, 0.2) is 0 Å². The molecule has 0 aliphatic rings. The van der Waals surface area contributed by atoms with Crippen molar-refractivity contribution in [3.05, 3.63) is 24.3 Å². The van der Waals surface area contributed by atoms with Crippen LogP contribution in [0.2, 0.25) is 0 Å². The minimum absolute atomic E-state index is 0.157. The molecule has 0 heterocycles. The summed E-state index contributed by atoms with van der Waals surface area (Å²) in [5, 5.41) is 20.5. The number of allylic oxidation sites excluding steroid dienone is 4. The molecule has 2 unspecified atom stereocenters. The molecule has 0 aromatic carbocycles. The number of rotatable bonds is 33. The average Bonchev–Trinajstić information content (AvgIpc) is 3.00. The maximum atomic E-state index is 12.2. The zero-order valence-electron chi connectivity index (χ0n) is 29.7. The Morgan fingerprint density at radius 2 is 0.844 bits per heavy atom. The van der Waals surface area contributed by atoms with Crippen LogP contribution in [0.1, 0.15) is 201 Å². The maximum Gasteiger partial charge on any atom is 0.308 e. The number of hydrogen-bond acceptors (Lipinski definition) is 6. The van der Waals surface area contributed by atoms with Gasteiger partial charge in [-0.3, -0.25) is 9.59 Å². The lowest BCUT2D eigenvalue weighted by Crippen LogP contribution is -2.46. The molecule has 0 saturated carbocycles. The molecule has 2 atom stereocenters. The van der Waals surface area contributed by atoms with Crippen molar-refractivity contribution in [2.75, 3.05) is 0 Å². The molecule has 0 amide bonds. The van der Waals surface area contributed by atoms with E-state index in [-0.39, 0.29) is 12.8 Å². The Labute approximate surface area is 277 Å². The Bertz CT molecular complexity index is 729. The normalized spacial score (nSPS) is 13.8. The molecule has 6 nitrogen and oxygen atoms in total. The molecule has 0 aromatic heterocycles. The molecule has 0 bridgehead atoms. The zero-order chi connectivity index (χ0) is 33.3. The van der Waals surface area contributed by atoms with Gasteiger partial charge in [-0.25, -0.2) is 0 Å². The van der Waals surface area contributed by atoms with Gasteiger partial charge in [0.2, 0.25) is 0 Å². The third-order valence-electron chi connectivity index (χ3n) is 8.31. The summed E-state index contributed by atoms with van der Waals surface area (Å²) in [6.45, 7) is 5.64. The van der Waals surface area contributed by atoms with Crippen molar-refractivity contribution in [1.29, 1.82) is 0 Å². The summed E-state index contributed by atoms with van der Waals surface area (Å²) in [7, 11) is 0. The molecule has 6 heteroatoms. The lowest BCUT2D eigenvalue weighted by molar-refractivity contribution is -0.294. The maximum absolute atomic E-state index is 12.2. The van der Waals surface area contributed by atoms with E-state index in [1.165, 1.54) is 89.9 Å². The third kappa shape index (κ3) is 30.7. The fraction of sp³-hybridized carbons (Fsp3) is 0.846. The number of esters is 2. The lowest BCUT2D eigenvalue weighted by Gasteiger charge is -2.27. The summed E-state index contributed by atoms with van der Waals surface area (Å²) in [5.41, 5.74) is 0. The Balaban J connectivity index is 3.73. The lowest BCUT2D eigenvalue weighted by atomic mass is 10.1. The molecule has 2 N–H and O–H groups in total. The number of aliphatic hydroxyl groups is 2. The second kappa shape index (κ2) is 32.3. The molecule has 264 valence electrons. The van der Waals surface area contributed by atoms with Crippen LogP contribution in [0.25, 0.3) is 0 Å². The summed E-state index contributed by atoms with van der Waals surface area (Å²) < 4.78 is 9.97. The molecule has 0 aliphatic carbocycles. The minimum atomic E-state index is -2.27. The molecule has 0 rings (SSSR count). The summed E-state index contributed by atoms with van der Waals surface area (Å²) in [4.78, 5) is 24.3. The van der Waals surface area contributed by atoms with Gasteiger partial charge in [-0.05, 0) is 64.2 Å². The quantitative estimate of drug-likeness (QED) is 0.0322. The summed E-state index contributed by atoms with van der Waals surface area (Å²) in [6, 6.07) is 0. The molecule has 0 radical (unpaired) electrons. The van der Waals surface area contributed by atoms with Gasteiger partial charge >= 0.3 is 11.9 Å². The first-order valence-electron chi connectivity index (χ1n) is 18.9. The highest BCUT2D eigenvalue weighted by Gasteiger charge is 2.37. The van der Waals surface area contributed by atoms with Gasteiger partial charge in [0.25, 0.3) is 12.1 Å². The van der Waals surface area contributed by atoms with Crippen LogP contribution in [0.15, 0.2) is 24.3 Å². The first-order valence-corrected chi connectivity index (χ1v) is 18.9. The van der Waals surface area contributed by atoms with E-state index in [0.717, 1.165) is 71.1 Å². The molecule has 0 saturated heterocycles. The van der Waals surface area contributed by atoms with Gasteiger partial charge in [0.05, 0.1) is 0 Å². The number of aliphatic hydroxyl groups excluding tert-OH is 1. The van der Waals surface area contributed by atoms with Crippen molar-refractivity contribution in [3.63, 3.8) is 0 Å². The second-order valence-electron chi connectivity index (χ2n) is 13.0. The van der Waals surface area contributed by atoms with Crippen LogP contribution < -0.4 is 0 Å². The van der Waals surface area contributed by atoms with Crippen LogP contribution in [0, 0.1) is 0 Å². The van der Waals surface area contributed by atoms with Gasteiger partial charge in [0.1, 0.15) is 0 Å². The van der Waals surface area contributed by atoms with Crippen molar-refractivity contribution >= 4 is 11.9 Å². The SMILES string of the molecule is CCCCCCCC/C=C\CCCCCCCC(=O)OC(O)C(C)(O)OC(=O)CCCCCCC/C=C\CCCCCCCC. The summed E-state index contributed by atoms with van der Waals surface area (Å²) >= 11 is 0. The summed E-state index contributed by atoms with van der Waals surface area (Å²) in [6.07, 6.45) is 38.0. The molecule has 0 aromatic rings. The largest absolute Gasteiger partial charge is 0.429 e. The van der Waals surface area contributed by atoms with Crippen LogP contribution >= 0.6 is 0 Å². The van der Waals surface area contributed by atoms with E-state index in [1.54, 1.807) is 0 Å². The van der Waals surface area contributed by atoms with Crippen LogP contribution in [-0.2, 0) is 19.1 Å². The van der Waals surface area contributed by atoms with Crippen LogP contribution in [0.3, 0.4) is 0 Å². The van der Waals surface area contributed by atoms with Crippen molar-refractivity contribution < 1.29 is 29.3 Å². The third-order valence-corrected chi connectivity index (χ3v) is 8.31. The Kier molecular flexibility index (Phi) is 31.1.